The molecule has 2 atom stereocenters. The van der Waals surface area contributed by atoms with Gasteiger partial charge in [-0.15, -0.1) is 11.3 Å². The number of aliphatic hydroxyl groups excluding tert-OH is 1. The van der Waals surface area contributed by atoms with Crippen LogP contribution in [0.1, 0.15) is 17.3 Å². The molecule has 1 aliphatic rings. The third kappa shape index (κ3) is 1.19. The number of fused-ring (bicyclic) bond motifs is 1. The van der Waals surface area contributed by atoms with E-state index in [1.54, 1.807) is 11.3 Å². The van der Waals surface area contributed by atoms with Gasteiger partial charge in [-0.2, -0.15) is 0 Å². The number of hydrogen-bond acceptors (Lipinski definition) is 3. The van der Waals surface area contributed by atoms with Gasteiger partial charge in [-0.25, -0.2) is 0 Å². The molecule has 3 nitrogen and oxygen atoms in total. The van der Waals surface area contributed by atoms with E-state index >= 15 is 0 Å². The second-order valence-electron chi connectivity index (χ2n) is 3.69. The molecule has 2 aromatic rings. The summed E-state index contributed by atoms with van der Waals surface area (Å²) in [6, 6.07) is 4.35. The van der Waals surface area contributed by atoms with E-state index in [0.29, 0.717) is 0 Å². The van der Waals surface area contributed by atoms with Gasteiger partial charge in [0.1, 0.15) is 0 Å². The number of rotatable bonds is 1. The quantitative estimate of drug-likeness (QED) is 0.667. The first-order chi connectivity index (χ1) is 6.84. The molecule has 0 aromatic carbocycles. The molecule has 1 aliphatic heterocycles. The largest absolute Gasteiger partial charge is 0.391 e. The Hall–Kier alpha value is -0.840. The average Bonchev–Trinajstić information content (AvgIpc) is 2.75. The molecule has 2 aromatic heterocycles. The zero-order chi connectivity index (χ0) is 9.54. The van der Waals surface area contributed by atoms with Crippen molar-refractivity contribution in [1.82, 2.24) is 10.3 Å². The predicted molar refractivity (Wildman–Crippen MR) is 57.5 cm³/mol. The minimum atomic E-state index is -0.224. The fourth-order valence-electron chi connectivity index (χ4n) is 2.00. The van der Waals surface area contributed by atoms with Crippen molar-refractivity contribution in [2.24, 2.45) is 0 Å². The molecular formula is C10H12N2OS. The van der Waals surface area contributed by atoms with Gasteiger partial charge in [0.2, 0.25) is 0 Å². The summed E-state index contributed by atoms with van der Waals surface area (Å²) in [5.41, 5.74) is 1.17. The third-order valence-electron chi connectivity index (χ3n) is 2.75. The number of aromatic amines is 1. The Morgan fingerprint density at radius 1 is 1.50 bits per heavy atom. The monoisotopic (exact) mass is 208 g/mol. The molecule has 3 heterocycles. The van der Waals surface area contributed by atoms with Crippen molar-refractivity contribution < 1.29 is 5.11 Å². The fraction of sp³-hybridized carbons (Fsp3) is 0.400. The Morgan fingerprint density at radius 3 is 3.14 bits per heavy atom. The summed E-state index contributed by atoms with van der Waals surface area (Å²) >= 11 is 1.75. The lowest BCUT2D eigenvalue weighted by atomic mass is 10.1. The van der Waals surface area contributed by atoms with Crippen molar-refractivity contribution in [3.63, 3.8) is 0 Å². The van der Waals surface area contributed by atoms with Gasteiger partial charge in [0.25, 0.3) is 0 Å². The molecule has 0 aliphatic carbocycles. The number of H-pyrrole nitrogens is 1. The second kappa shape index (κ2) is 3.08. The van der Waals surface area contributed by atoms with E-state index in [1.807, 2.05) is 6.20 Å². The molecule has 3 N–H and O–H groups in total. The summed E-state index contributed by atoms with van der Waals surface area (Å²) < 4.78 is 1.26. The highest BCUT2D eigenvalue weighted by Crippen LogP contribution is 2.33. The topological polar surface area (TPSA) is 48.0 Å². The molecule has 1 saturated heterocycles. The summed E-state index contributed by atoms with van der Waals surface area (Å²) in [6.07, 6.45) is 2.58. The van der Waals surface area contributed by atoms with Gasteiger partial charge in [0.05, 0.1) is 22.4 Å². The Bertz CT molecular complexity index is 419. The number of nitrogens with one attached hydrogen (secondary N) is 2. The third-order valence-corrected chi connectivity index (χ3v) is 3.93. The van der Waals surface area contributed by atoms with Gasteiger partial charge in [0, 0.05) is 11.1 Å². The molecule has 1 fully saturated rings. The molecule has 0 amide bonds. The summed E-state index contributed by atoms with van der Waals surface area (Å²) in [6.45, 7) is 0.914. The average molecular weight is 208 g/mol. The van der Waals surface area contributed by atoms with Gasteiger partial charge in [-0.05, 0) is 25.1 Å². The van der Waals surface area contributed by atoms with Crippen molar-refractivity contribution in [2.75, 3.05) is 6.54 Å². The van der Waals surface area contributed by atoms with Crippen LogP contribution in [0.25, 0.3) is 10.2 Å². The predicted octanol–water partition coefficient (Wildman–Crippen LogP) is 1.62. The van der Waals surface area contributed by atoms with Crippen molar-refractivity contribution in [1.29, 1.82) is 0 Å². The lowest BCUT2D eigenvalue weighted by Gasteiger charge is -2.11. The highest BCUT2D eigenvalue weighted by atomic mass is 32.1. The molecule has 14 heavy (non-hydrogen) atoms. The van der Waals surface area contributed by atoms with Gasteiger partial charge in [0.15, 0.2) is 0 Å². The van der Waals surface area contributed by atoms with Crippen LogP contribution in [0, 0.1) is 0 Å². The minimum Gasteiger partial charge on any atom is -0.391 e. The lowest BCUT2D eigenvalue weighted by molar-refractivity contribution is 0.161. The van der Waals surface area contributed by atoms with Gasteiger partial charge >= 0.3 is 0 Å². The lowest BCUT2D eigenvalue weighted by Crippen LogP contribution is -2.19. The SMILES string of the molecule is OC1CCNC1c1cc2[nH]ccc2s1. The summed E-state index contributed by atoms with van der Waals surface area (Å²) in [7, 11) is 0. The van der Waals surface area contributed by atoms with Crippen molar-refractivity contribution in [3.05, 3.63) is 23.2 Å². The summed E-state index contributed by atoms with van der Waals surface area (Å²) in [5, 5.41) is 13.1. The van der Waals surface area contributed by atoms with Gasteiger partial charge in [-0.1, -0.05) is 0 Å². The van der Waals surface area contributed by atoms with E-state index in [2.05, 4.69) is 22.4 Å². The summed E-state index contributed by atoms with van der Waals surface area (Å²) in [4.78, 5) is 4.41. The molecule has 74 valence electrons. The van der Waals surface area contributed by atoms with Crippen LogP contribution >= 0.6 is 11.3 Å². The van der Waals surface area contributed by atoms with E-state index in [9.17, 15) is 5.11 Å². The zero-order valence-electron chi connectivity index (χ0n) is 7.66. The summed E-state index contributed by atoms with van der Waals surface area (Å²) in [5.74, 6) is 0. The first kappa shape index (κ1) is 8.47. The number of aliphatic hydroxyl groups is 1. The maximum atomic E-state index is 9.74. The van der Waals surface area contributed by atoms with Gasteiger partial charge < -0.3 is 15.4 Å². The van der Waals surface area contributed by atoms with Crippen LogP contribution in [0.3, 0.4) is 0 Å². The number of aromatic nitrogens is 1. The van der Waals surface area contributed by atoms with Crippen LogP contribution in [0.2, 0.25) is 0 Å². The molecule has 0 saturated carbocycles. The Morgan fingerprint density at radius 2 is 2.43 bits per heavy atom. The molecule has 0 bridgehead atoms. The Balaban J connectivity index is 2.01. The molecule has 3 rings (SSSR count). The molecule has 0 spiro atoms. The maximum absolute atomic E-state index is 9.74. The Kier molecular flexibility index (Phi) is 1.87. The van der Waals surface area contributed by atoms with Crippen molar-refractivity contribution in [3.8, 4) is 0 Å². The van der Waals surface area contributed by atoms with Crippen LogP contribution in [0.15, 0.2) is 18.3 Å². The van der Waals surface area contributed by atoms with E-state index in [-0.39, 0.29) is 12.1 Å². The maximum Gasteiger partial charge on any atom is 0.0755 e. The normalized spacial score (nSPS) is 27.5. The second-order valence-corrected chi connectivity index (χ2v) is 4.81. The molecule has 2 unspecified atom stereocenters. The van der Waals surface area contributed by atoms with Crippen LogP contribution in [-0.4, -0.2) is 22.7 Å². The van der Waals surface area contributed by atoms with Gasteiger partial charge in [-0.3, -0.25) is 0 Å². The number of hydrogen-bond donors (Lipinski definition) is 3. The van der Waals surface area contributed by atoms with Crippen LogP contribution in [0.5, 0.6) is 0 Å². The van der Waals surface area contributed by atoms with Crippen molar-refractivity contribution >= 4 is 21.6 Å². The minimum absolute atomic E-state index is 0.140. The molecule has 4 heteroatoms. The highest BCUT2D eigenvalue weighted by Gasteiger charge is 2.27. The molecular weight excluding hydrogens is 196 g/mol. The Labute approximate surface area is 85.8 Å². The van der Waals surface area contributed by atoms with E-state index in [0.717, 1.165) is 13.0 Å². The molecule has 0 radical (unpaired) electrons. The van der Waals surface area contributed by atoms with E-state index in [4.69, 9.17) is 0 Å². The first-order valence-corrected chi connectivity index (χ1v) is 5.64. The van der Waals surface area contributed by atoms with E-state index < -0.39 is 0 Å². The van der Waals surface area contributed by atoms with E-state index in [1.165, 1.54) is 15.1 Å². The zero-order valence-corrected chi connectivity index (χ0v) is 8.47. The van der Waals surface area contributed by atoms with Crippen LogP contribution < -0.4 is 5.32 Å². The number of thiophene rings is 1. The first-order valence-electron chi connectivity index (χ1n) is 4.83. The van der Waals surface area contributed by atoms with Crippen molar-refractivity contribution in [2.45, 2.75) is 18.6 Å². The standard InChI is InChI=1S/C10H12N2OS/c13-7-1-3-12-10(7)9-5-6-8(14-9)2-4-11-6/h2,4-5,7,10-13H,1,3H2. The van der Waals surface area contributed by atoms with Crippen LogP contribution in [0.4, 0.5) is 0 Å². The smallest absolute Gasteiger partial charge is 0.0755 e. The highest BCUT2D eigenvalue weighted by molar-refractivity contribution is 7.19. The fourth-order valence-corrected chi connectivity index (χ4v) is 3.16. The van der Waals surface area contributed by atoms with Crippen LogP contribution in [-0.2, 0) is 0 Å².